The molecule has 180 valence electrons. The number of rotatable bonds is 3. The summed E-state index contributed by atoms with van der Waals surface area (Å²) in [5.41, 5.74) is -1.60. The highest BCUT2D eigenvalue weighted by molar-refractivity contribution is 6.30. The summed E-state index contributed by atoms with van der Waals surface area (Å²) in [4.78, 5) is 40.7. The van der Waals surface area contributed by atoms with Gasteiger partial charge in [-0.25, -0.2) is 8.78 Å². The molecule has 34 heavy (non-hydrogen) atoms. The number of amides is 2. The summed E-state index contributed by atoms with van der Waals surface area (Å²) in [5, 5.41) is 12.4. The highest BCUT2D eigenvalue weighted by atomic mass is 35.5. The van der Waals surface area contributed by atoms with Gasteiger partial charge in [0.25, 0.3) is 11.8 Å². The zero-order chi connectivity index (χ0) is 24.3. The number of carbonyl (C=O) groups excluding carboxylic acids is 2. The molecule has 1 aromatic carbocycles. The Morgan fingerprint density at radius 3 is 2.82 bits per heavy atom. The molecule has 0 radical (unpaired) electrons. The van der Waals surface area contributed by atoms with Crippen molar-refractivity contribution in [2.45, 2.75) is 57.0 Å². The third-order valence-corrected chi connectivity index (χ3v) is 7.26. The van der Waals surface area contributed by atoms with Gasteiger partial charge in [-0.05, 0) is 32.3 Å². The third-order valence-electron chi connectivity index (χ3n) is 6.92. The number of fused-ring (bicyclic) bond motifs is 2. The lowest BCUT2D eigenvalue weighted by Gasteiger charge is -2.54. The number of halogens is 3. The van der Waals surface area contributed by atoms with E-state index in [0.29, 0.717) is 13.0 Å². The lowest BCUT2D eigenvalue weighted by Crippen LogP contribution is -2.65. The molecule has 2 N–H and O–H groups in total. The van der Waals surface area contributed by atoms with Crippen molar-refractivity contribution in [2.24, 2.45) is 0 Å². The van der Waals surface area contributed by atoms with Crippen LogP contribution in [-0.2, 0) is 11.3 Å². The van der Waals surface area contributed by atoms with Gasteiger partial charge in [-0.15, -0.1) is 0 Å². The van der Waals surface area contributed by atoms with E-state index < -0.39 is 39.6 Å². The Balaban J connectivity index is 1.51. The van der Waals surface area contributed by atoms with Gasteiger partial charge < -0.3 is 24.6 Å². The second kappa shape index (κ2) is 8.35. The highest BCUT2D eigenvalue weighted by Crippen LogP contribution is 2.43. The molecule has 1 aliphatic carbocycles. The quantitative estimate of drug-likeness (QED) is 0.640. The van der Waals surface area contributed by atoms with Crippen LogP contribution in [-0.4, -0.2) is 51.2 Å². The SMILES string of the molecule is C[C@@H]1CO[C@@H]2CCC[C@H]3C2N1C(=O)c1c(O)c(=O)c(C(=O)NCc2ccc(F)c(Cl)c2F)cn13. The average molecular weight is 494 g/mol. The van der Waals surface area contributed by atoms with Crippen molar-refractivity contribution >= 4 is 23.4 Å². The summed E-state index contributed by atoms with van der Waals surface area (Å²) in [6.07, 6.45) is 3.40. The van der Waals surface area contributed by atoms with E-state index in [1.165, 1.54) is 10.8 Å². The Morgan fingerprint density at radius 2 is 2.06 bits per heavy atom. The molecule has 5 rings (SSSR count). The number of morpholine rings is 1. The lowest BCUT2D eigenvalue weighted by atomic mass is 9.82. The van der Waals surface area contributed by atoms with Crippen molar-refractivity contribution in [2.75, 3.05) is 6.61 Å². The van der Waals surface area contributed by atoms with Crippen LogP contribution in [0.3, 0.4) is 0 Å². The number of benzene rings is 1. The molecule has 2 amide bonds. The van der Waals surface area contributed by atoms with E-state index in [1.54, 1.807) is 4.90 Å². The Labute approximate surface area is 198 Å². The van der Waals surface area contributed by atoms with Gasteiger partial charge in [-0.3, -0.25) is 14.4 Å². The number of ether oxygens (including phenoxy) is 1. The van der Waals surface area contributed by atoms with E-state index in [-0.39, 0.29) is 47.6 Å². The molecule has 2 fully saturated rings. The molecule has 4 atom stereocenters. The second-order valence-electron chi connectivity index (χ2n) is 8.92. The largest absolute Gasteiger partial charge is 0.503 e. The number of aromatic hydroxyl groups is 1. The first-order chi connectivity index (χ1) is 16.2. The molecular weight excluding hydrogens is 472 g/mol. The van der Waals surface area contributed by atoms with Crippen molar-refractivity contribution < 1.29 is 28.2 Å². The average Bonchev–Trinajstić information content (AvgIpc) is 2.82. The molecule has 8 nitrogen and oxygen atoms in total. The van der Waals surface area contributed by atoms with Gasteiger partial charge in [-0.1, -0.05) is 17.7 Å². The van der Waals surface area contributed by atoms with E-state index in [9.17, 15) is 28.3 Å². The minimum atomic E-state index is -1.02. The maximum absolute atomic E-state index is 14.2. The number of pyridine rings is 1. The molecule has 1 unspecified atom stereocenters. The first-order valence-corrected chi connectivity index (χ1v) is 11.4. The van der Waals surface area contributed by atoms with E-state index in [0.717, 1.165) is 25.0 Å². The van der Waals surface area contributed by atoms with Crippen molar-refractivity contribution in [1.29, 1.82) is 0 Å². The van der Waals surface area contributed by atoms with Crippen LogP contribution in [0.1, 0.15) is 58.6 Å². The lowest BCUT2D eigenvalue weighted by molar-refractivity contribution is -0.120. The maximum atomic E-state index is 14.2. The first-order valence-electron chi connectivity index (χ1n) is 11.0. The fraction of sp³-hybridized carbons (Fsp3) is 0.435. The van der Waals surface area contributed by atoms with Crippen molar-refractivity contribution in [3.05, 3.63) is 62.0 Å². The number of aromatic nitrogens is 1. The zero-order valence-electron chi connectivity index (χ0n) is 18.2. The van der Waals surface area contributed by atoms with Crippen LogP contribution in [0.15, 0.2) is 23.1 Å². The normalized spacial score (nSPS) is 25.5. The topological polar surface area (TPSA) is 101 Å². The van der Waals surface area contributed by atoms with Gasteiger partial charge in [0.2, 0.25) is 5.43 Å². The molecular formula is C23H22ClF2N3O5. The smallest absolute Gasteiger partial charge is 0.275 e. The van der Waals surface area contributed by atoms with Crippen LogP contribution in [0.4, 0.5) is 8.78 Å². The molecule has 2 aliphatic heterocycles. The Morgan fingerprint density at radius 1 is 1.29 bits per heavy atom. The van der Waals surface area contributed by atoms with E-state index in [2.05, 4.69) is 5.32 Å². The zero-order valence-corrected chi connectivity index (χ0v) is 18.9. The van der Waals surface area contributed by atoms with Crippen LogP contribution in [0.2, 0.25) is 5.02 Å². The van der Waals surface area contributed by atoms with Crippen LogP contribution in [0, 0.1) is 11.6 Å². The van der Waals surface area contributed by atoms with E-state index >= 15 is 0 Å². The summed E-state index contributed by atoms with van der Waals surface area (Å²) >= 11 is 5.57. The molecule has 0 spiro atoms. The summed E-state index contributed by atoms with van der Waals surface area (Å²) in [7, 11) is 0. The standard InChI is InChI=1S/C23H22ClF2N3O5/c1-10-9-34-15-4-2-3-14-18(15)29(10)23(33)19-21(31)20(30)12(8-28(14)19)22(32)27-7-11-5-6-13(25)16(24)17(11)26/h5-6,8,10,14-15,18,31H,2-4,7,9H2,1H3,(H,27,32)/t10-,14+,15-,18?/m1/s1. The van der Waals surface area contributed by atoms with E-state index in [4.69, 9.17) is 16.3 Å². The molecule has 0 bridgehead atoms. The predicted molar refractivity (Wildman–Crippen MR) is 117 cm³/mol. The number of carbonyl (C=O) groups is 2. The fourth-order valence-corrected chi connectivity index (χ4v) is 5.47. The predicted octanol–water partition coefficient (Wildman–Crippen LogP) is 2.75. The molecule has 1 saturated heterocycles. The monoisotopic (exact) mass is 493 g/mol. The van der Waals surface area contributed by atoms with Crippen molar-refractivity contribution in [1.82, 2.24) is 14.8 Å². The van der Waals surface area contributed by atoms with Crippen LogP contribution >= 0.6 is 11.6 Å². The summed E-state index contributed by atoms with van der Waals surface area (Å²) < 4.78 is 35.0. The second-order valence-corrected chi connectivity index (χ2v) is 9.29. The highest BCUT2D eigenvalue weighted by Gasteiger charge is 2.51. The molecule has 2 aromatic rings. The van der Waals surface area contributed by atoms with Crippen molar-refractivity contribution in [3.63, 3.8) is 0 Å². The summed E-state index contributed by atoms with van der Waals surface area (Å²) in [6, 6.07) is 1.33. The van der Waals surface area contributed by atoms with Crippen LogP contribution < -0.4 is 10.7 Å². The van der Waals surface area contributed by atoms with Gasteiger partial charge in [0, 0.05) is 18.3 Å². The van der Waals surface area contributed by atoms with Gasteiger partial charge in [0.15, 0.2) is 11.4 Å². The molecule has 3 heterocycles. The van der Waals surface area contributed by atoms with Gasteiger partial charge in [0.05, 0.1) is 30.8 Å². The van der Waals surface area contributed by atoms with Gasteiger partial charge in [-0.2, -0.15) is 0 Å². The third kappa shape index (κ3) is 3.39. The summed E-state index contributed by atoms with van der Waals surface area (Å²) in [6.45, 7) is 1.86. The van der Waals surface area contributed by atoms with E-state index in [1.807, 2.05) is 6.92 Å². The van der Waals surface area contributed by atoms with Crippen molar-refractivity contribution in [3.8, 4) is 5.75 Å². The fourth-order valence-electron chi connectivity index (χ4n) is 5.29. The molecule has 3 aliphatic rings. The minimum absolute atomic E-state index is 0.0729. The van der Waals surface area contributed by atoms with Crippen LogP contribution in [0.25, 0.3) is 0 Å². The number of hydrogen-bond donors (Lipinski definition) is 2. The van der Waals surface area contributed by atoms with Crippen LogP contribution in [0.5, 0.6) is 5.75 Å². The molecule has 1 aromatic heterocycles. The van der Waals surface area contributed by atoms with Gasteiger partial charge in [0.1, 0.15) is 22.2 Å². The Kier molecular flexibility index (Phi) is 5.60. The number of nitrogens with zero attached hydrogens (tertiary/aromatic N) is 2. The number of nitrogens with one attached hydrogen (secondary N) is 1. The summed E-state index contributed by atoms with van der Waals surface area (Å²) in [5.74, 6) is -4.10. The molecule has 1 saturated carbocycles. The number of hydrogen-bond acceptors (Lipinski definition) is 5. The minimum Gasteiger partial charge on any atom is -0.503 e. The maximum Gasteiger partial charge on any atom is 0.275 e. The Bertz CT molecular complexity index is 1270. The molecule has 11 heteroatoms. The first kappa shape index (κ1) is 22.8. The Hall–Kier alpha value is -2.98. The van der Waals surface area contributed by atoms with Gasteiger partial charge >= 0.3 is 0 Å².